The van der Waals surface area contributed by atoms with Crippen LogP contribution >= 0.6 is 12.4 Å². The number of rotatable bonds is 6. The molecule has 1 aliphatic heterocycles. The van der Waals surface area contributed by atoms with Crippen LogP contribution in [0.4, 0.5) is 5.82 Å². The van der Waals surface area contributed by atoms with E-state index in [0.717, 1.165) is 16.7 Å². The highest BCUT2D eigenvalue weighted by molar-refractivity contribution is 5.93. The van der Waals surface area contributed by atoms with Crippen LogP contribution in [0.2, 0.25) is 0 Å². The Bertz CT molecular complexity index is 958. The summed E-state index contributed by atoms with van der Waals surface area (Å²) in [5.74, 6) is 1.69. The SMILES string of the molecule is COc1cc(CN(C)C(=O)C=Cc2cnc3c(c2)CN(C)CC(=O)N3)cc(OC)c1.Cl. The van der Waals surface area contributed by atoms with Gasteiger partial charge in [-0.1, -0.05) is 0 Å². The van der Waals surface area contributed by atoms with Gasteiger partial charge in [0.05, 0.1) is 20.8 Å². The van der Waals surface area contributed by atoms with Gasteiger partial charge in [-0.3, -0.25) is 14.5 Å². The van der Waals surface area contributed by atoms with Crippen molar-refractivity contribution < 1.29 is 19.1 Å². The highest BCUT2D eigenvalue weighted by atomic mass is 35.5. The van der Waals surface area contributed by atoms with Gasteiger partial charge in [0.1, 0.15) is 17.3 Å². The number of carbonyl (C=O) groups excluding carboxylic acids is 2. The fourth-order valence-corrected chi connectivity index (χ4v) is 3.22. The summed E-state index contributed by atoms with van der Waals surface area (Å²) < 4.78 is 10.6. The van der Waals surface area contributed by atoms with Crippen LogP contribution in [0, 0.1) is 0 Å². The molecule has 2 amide bonds. The summed E-state index contributed by atoms with van der Waals surface area (Å²) in [5, 5.41) is 2.80. The lowest BCUT2D eigenvalue weighted by molar-refractivity contribution is -0.125. The molecule has 0 bridgehead atoms. The van der Waals surface area contributed by atoms with Gasteiger partial charge in [-0.25, -0.2) is 4.98 Å². The van der Waals surface area contributed by atoms with Crippen LogP contribution in [-0.4, -0.2) is 61.5 Å². The van der Waals surface area contributed by atoms with Gasteiger partial charge in [0.2, 0.25) is 11.8 Å². The maximum atomic E-state index is 12.6. The van der Waals surface area contributed by atoms with E-state index >= 15 is 0 Å². The van der Waals surface area contributed by atoms with Gasteiger partial charge in [-0.2, -0.15) is 0 Å². The van der Waals surface area contributed by atoms with E-state index in [2.05, 4.69) is 10.3 Å². The minimum Gasteiger partial charge on any atom is -0.497 e. The predicted octanol–water partition coefficient (Wildman–Crippen LogP) is 2.58. The Hall–Kier alpha value is -3.10. The lowest BCUT2D eigenvalue weighted by atomic mass is 10.1. The summed E-state index contributed by atoms with van der Waals surface area (Å²) >= 11 is 0. The summed E-state index contributed by atoms with van der Waals surface area (Å²) in [6.45, 7) is 1.34. The van der Waals surface area contributed by atoms with Crippen LogP contribution in [0.25, 0.3) is 6.08 Å². The molecule has 1 N–H and O–H groups in total. The third kappa shape index (κ3) is 6.44. The molecule has 0 radical (unpaired) electrons. The van der Waals surface area contributed by atoms with Gasteiger partial charge in [0.15, 0.2) is 0 Å². The van der Waals surface area contributed by atoms with E-state index < -0.39 is 0 Å². The first-order valence-electron chi connectivity index (χ1n) is 9.50. The van der Waals surface area contributed by atoms with Crippen LogP contribution in [-0.2, 0) is 22.7 Å². The molecule has 0 atom stereocenters. The summed E-state index contributed by atoms with van der Waals surface area (Å²) in [4.78, 5) is 32.2. The van der Waals surface area contributed by atoms with Crippen molar-refractivity contribution in [1.82, 2.24) is 14.8 Å². The van der Waals surface area contributed by atoms with E-state index in [-0.39, 0.29) is 24.2 Å². The fraction of sp³-hybridized carbons (Fsp3) is 0.318. The van der Waals surface area contributed by atoms with Gasteiger partial charge in [0, 0.05) is 44.0 Å². The van der Waals surface area contributed by atoms with Gasteiger partial charge < -0.3 is 19.7 Å². The average Bonchev–Trinajstić information content (AvgIpc) is 2.87. The molecular weight excluding hydrogens is 420 g/mol. The first-order chi connectivity index (χ1) is 14.4. The molecule has 0 spiro atoms. The minimum atomic E-state index is -0.142. The number of amides is 2. The molecule has 9 heteroatoms. The number of ether oxygens (including phenoxy) is 2. The van der Waals surface area contributed by atoms with Gasteiger partial charge in [-0.05, 0) is 42.4 Å². The number of fused-ring (bicyclic) bond motifs is 1. The van der Waals surface area contributed by atoms with Crippen LogP contribution in [0.5, 0.6) is 11.5 Å². The number of anilines is 1. The number of pyridine rings is 1. The molecule has 166 valence electrons. The van der Waals surface area contributed by atoms with Crippen LogP contribution < -0.4 is 14.8 Å². The lowest BCUT2D eigenvalue weighted by Gasteiger charge is -2.16. The highest BCUT2D eigenvalue weighted by Gasteiger charge is 2.17. The van der Waals surface area contributed by atoms with Crippen molar-refractivity contribution in [1.29, 1.82) is 0 Å². The maximum absolute atomic E-state index is 12.6. The Morgan fingerprint density at radius 2 is 1.87 bits per heavy atom. The zero-order chi connectivity index (χ0) is 21.7. The Kier molecular flexibility index (Phi) is 8.41. The standard InChI is InChI=1S/C22H26N4O4.ClH/c1-25-13-17-7-15(11-23-22(17)24-20(27)14-25)5-6-21(28)26(2)12-16-8-18(29-3)10-19(9-16)30-4;/h5-11H,12-14H2,1-4H3,(H,23,24,27);1H. The molecular formula is C22H27ClN4O4. The molecule has 1 aromatic heterocycles. The first-order valence-corrected chi connectivity index (χ1v) is 9.50. The summed E-state index contributed by atoms with van der Waals surface area (Å²) in [5.41, 5.74) is 2.61. The molecule has 0 saturated carbocycles. The Morgan fingerprint density at radius 1 is 1.19 bits per heavy atom. The second-order valence-electron chi connectivity index (χ2n) is 7.25. The van der Waals surface area contributed by atoms with Gasteiger partial charge in [0.25, 0.3) is 0 Å². The predicted molar refractivity (Wildman–Crippen MR) is 122 cm³/mol. The normalized spacial score (nSPS) is 13.6. The first kappa shape index (κ1) is 24.2. The molecule has 0 fully saturated rings. The van der Waals surface area contributed by atoms with Crippen LogP contribution in [0.1, 0.15) is 16.7 Å². The van der Waals surface area contributed by atoms with E-state index in [1.54, 1.807) is 44.5 Å². The van der Waals surface area contributed by atoms with E-state index in [1.807, 2.05) is 30.1 Å². The molecule has 1 aliphatic rings. The molecule has 1 aromatic carbocycles. The molecule has 31 heavy (non-hydrogen) atoms. The van der Waals surface area contributed by atoms with E-state index in [1.165, 1.54) is 6.08 Å². The van der Waals surface area contributed by atoms with Crippen LogP contribution in [0.3, 0.4) is 0 Å². The smallest absolute Gasteiger partial charge is 0.246 e. The number of likely N-dealkylation sites (N-methyl/N-ethyl adjacent to an activating group) is 2. The van der Waals surface area contributed by atoms with Crippen molar-refractivity contribution in [2.75, 3.05) is 40.2 Å². The second-order valence-corrected chi connectivity index (χ2v) is 7.25. The van der Waals surface area contributed by atoms with Crippen molar-refractivity contribution in [2.24, 2.45) is 0 Å². The van der Waals surface area contributed by atoms with E-state index in [0.29, 0.717) is 37.0 Å². The van der Waals surface area contributed by atoms with Crippen molar-refractivity contribution >= 4 is 36.1 Å². The number of halogens is 1. The fourth-order valence-electron chi connectivity index (χ4n) is 3.22. The van der Waals surface area contributed by atoms with E-state index in [4.69, 9.17) is 9.47 Å². The number of benzene rings is 1. The summed E-state index contributed by atoms with van der Waals surface area (Å²) in [7, 11) is 6.80. The molecule has 2 aromatic rings. The molecule has 0 saturated heterocycles. The van der Waals surface area contributed by atoms with E-state index in [9.17, 15) is 9.59 Å². The Balaban J connectivity index is 0.00000341. The lowest BCUT2D eigenvalue weighted by Crippen LogP contribution is -2.26. The highest BCUT2D eigenvalue weighted by Crippen LogP contribution is 2.23. The number of hydrogen-bond acceptors (Lipinski definition) is 6. The van der Waals surface area contributed by atoms with Gasteiger partial charge in [-0.15, -0.1) is 12.4 Å². The van der Waals surface area contributed by atoms with Crippen molar-refractivity contribution in [3.8, 4) is 11.5 Å². The van der Waals surface area contributed by atoms with Crippen molar-refractivity contribution in [3.63, 3.8) is 0 Å². The van der Waals surface area contributed by atoms with Crippen LogP contribution in [0.15, 0.2) is 36.5 Å². The van der Waals surface area contributed by atoms with Crippen molar-refractivity contribution in [2.45, 2.75) is 13.1 Å². The minimum absolute atomic E-state index is 0. The topological polar surface area (TPSA) is 84.0 Å². The monoisotopic (exact) mass is 446 g/mol. The number of hydrogen-bond donors (Lipinski definition) is 1. The number of carbonyl (C=O) groups is 2. The zero-order valence-corrected chi connectivity index (χ0v) is 18.9. The van der Waals surface area contributed by atoms with Gasteiger partial charge >= 0.3 is 0 Å². The molecule has 3 rings (SSSR count). The number of aromatic nitrogens is 1. The summed E-state index contributed by atoms with van der Waals surface area (Å²) in [6, 6.07) is 7.46. The maximum Gasteiger partial charge on any atom is 0.246 e. The molecule has 0 aliphatic carbocycles. The number of nitrogens with one attached hydrogen (secondary N) is 1. The van der Waals surface area contributed by atoms with Crippen molar-refractivity contribution in [3.05, 3.63) is 53.2 Å². The molecule has 2 heterocycles. The molecule has 0 unspecified atom stereocenters. The quantitative estimate of drug-likeness (QED) is 0.686. The zero-order valence-electron chi connectivity index (χ0n) is 18.0. The largest absolute Gasteiger partial charge is 0.497 e. The Morgan fingerprint density at radius 3 is 2.52 bits per heavy atom. The second kappa shape index (κ2) is 10.8. The third-order valence-corrected chi connectivity index (χ3v) is 4.72. The average molecular weight is 447 g/mol. The number of nitrogens with zero attached hydrogens (tertiary/aromatic N) is 3. The molecule has 8 nitrogen and oxygen atoms in total. The Labute approximate surface area is 188 Å². The third-order valence-electron chi connectivity index (χ3n) is 4.72. The summed E-state index contributed by atoms with van der Waals surface area (Å²) in [6.07, 6.45) is 4.88. The number of methoxy groups -OCH3 is 2.